The van der Waals surface area contributed by atoms with E-state index in [1.165, 1.54) is 32.2 Å². The summed E-state index contributed by atoms with van der Waals surface area (Å²) in [4.78, 5) is 13.7. The monoisotopic (exact) mass is 275 g/mol. The van der Waals surface area contributed by atoms with Gasteiger partial charge in [-0.05, 0) is 45.1 Å². The second kappa shape index (κ2) is 7.97. The topological polar surface area (TPSA) is 44.4 Å². The zero-order chi connectivity index (χ0) is 12.1. The van der Waals surface area contributed by atoms with Gasteiger partial charge in [-0.2, -0.15) is 0 Å². The van der Waals surface area contributed by atoms with Gasteiger partial charge in [0.2, 0.25) is 5.91 Å². The molecule has 2 N–H and O–H groups in total. The molecule has 106 valence electrons. The molecule has 1 saturated heterocycles. The van der Waals surface area contributed by atoms with E-state index in [4.69, 9.17) is 0 Å². The third-order valence-electron chi connectivity index (χ3n) is 3.72. The van der Waals surface area contributed by atoms with E-state index in [1.54, 1.807) is 0 Å². The van der Waals surface area contributed by atoms with E-state index in [1.807, 2.05) is 6.92 Å². The first kappa shape index (κ1) is 15.7. The normalized spacial score (nSPS) is 21.4. The van der Waals surface area contributed by atoms with E-state index in [9.17, 15) is 4.79 Å². The van der Waals surface area contributed by atoms with Crippen LogP contribution in [0, 0.1) is 5.92 Å². The lowest BCUT2D eigenvalue weighted by molar-refractivity contribution is -0.122. The van der Waals surface area contributed by atoms with Crippen molar-refractivity contribution in [3.63, 3.8) is 0 Å². The van der Waals surface area contributed by atoms with Crippen LogP contribution in [0.2, 0.25) is 0 Å². The number of nitrogens with zero attached hydrogens (tertiary/aromatic N) is 1. The van der Waals surface area contributed by atoms with Crippen LogP contribution >= 0.6 is 12.4 Å². The van der Waals surface area contributed by atoms with Gasteiger partial charge >= 0.3 is 0 Å². The minimum Gasteiger partial charge on any atom is -0.355 e. The largest absolute Gasteiger partial charge is 0.355 e. The molecule has 0 aromatic carbocycles. The van der Waals surface area contributed by atoms with Gasteiger partial charge in [0.25, 0.3) is 0 Å². The van der Waals surface area contributed by atoms with Crippen molar-refractivity contribution in [3.8, 4) is 0 Å². The molecule has 0 aromatic rings. The van der Waals surface area contributed by atoms with E-state index in [0.29, 0.717) is 12.6 Å². The summed E-state index contributed by atoms with van der Waals surface area (Å²) in [5.41, 5.74) is 0. The predicted octanol–water partition coefficient (Wildman–Crippen LogP) is 1.01. The quantitative estimate of drug-likeness (QED) is 0.760. The Hall–Kier alpha value is -0.320. The zero-order valence-corrected chi connectivity index (χ0v) is 12.1. The molecule has 0 radical (unpaired) electrons. The van der Waals surface area contributed by atoms with Gasteiger partial charge < -0.3 is 10.6 Å². The van der Waals surface area contributed by atoms with Crippen molar-refractivity contribution < 1.29 is 4.79 Å². The number of carbonyl (C=O) groups excluding carboxylic acids is 1. The van der Waals surface area contributed by atoms with Gasteiger partial charge in [-0.15, -0.1) is 12.4 Å². The SMILES string of the molecule is CCNC(=O)CN1CCC(NCC2CC2)CC1.Cl. The minimum absolute atomic E-state index is 0. The lowest BCUT2D eigenvalue weighted by atomic mass is 10.0. The second-order valence-corrected chi connectivity index (χ2v) is 5.36. The Morgan fingerprint density at radius 1 is 1.22 bits per heavy atom. The van der Waals surface area contributed by atoms with Gasteiger partial charge in [0, 0.05) is 25.7 Å². The van der Waals surface area contributed by atoms with Crippen molar-refractivity contribution in [1.82, 2.24) is 15.5 Å². The number of nitrogens with one attached hydrogen (secondary N) is 2. The number of likely N-dealkylation sites (N-methyl/N-ethyl adjacent to an activating group) is 1. The number of halogens is 1. The van der Waals surface area contributed by atoms with E-state index in [2.05, 4.69) is 15.5 Å². The lowest BCUT2D eigenvalue weighted by Crippen LogP contribution is -2.46. The maximum Gasteiger partial charge on any atom is 0.234 e. The van der Waals surface area contributed by atoms with Crippen LogP contribution in [0.5, 0.6) is 0 Å². The Bertz CT molecular complexity index is 251. The fourth-order valence-electron chi connectivity index (χ4n) is 2.41. The highest BCUT2D eigenvalue weighted by molar-refractivity contribution is 5.85. The van der Waals surface area contributed by atoms with Crippen molar-refractivity contribution in [1.29, 1.82) is 0 Å². The standard InChI is InChI=1S/C13H25N3O.ClH/c1-2-14-13(17)10-16-7-5-12(6-8-16)15-9-11-3-4-11;/h11-12,15H,2-10H2,1H3,(H,14,17);1H. The Labute approximate surface area is 116 Å². The van der Waals surface area contributed by atoms with Crippen LogP contribution in [0.3, 0.4) is 0 Å². The molecular formula is C13H26ClN3O. The number of rotatable bonds is 6. The number of hydrogen-bond acceptors (Lipinski definition) is 3. The molecule has 0 atom stereocenters. The van der Waals surface area contributed by atoms with E-state index in [-0.39, 0.29) is 18.3 Å². The number of amides is 1. The first-order valence-electron chi connectivity index (χ1n) is 7.00. The molecule has 0 unspecified atom stereocenters. The first-order chi connectivity index (χ1) is 8.28. The van der Waals surface area contributed by atoms with Gasteiger partial charge in [-0.3, -0.25) is 9.69 Å². The first-order valence-corrected chi connectivity index (χ1v) is 7.00. The third-order valence-corrected chi connectivity index (χ3v) is 3.72. The molecule has 0 bridgehead atoms. The average Bonchev–Trinajstić information content (AvgIpc) is 3.12. The van der Waals surface area contributed by atoms with Crippen LogP contribution in [-0.2, 0) is 4.79 Å². The Balaban J connectivity index is 0.00000162. The smallest absolute Gasteiger partial charge is 0.234 e. The van der Waals surface area contributed by atoms with Crippen LogP contribution in [0.15, 0.2) is 0 Å². The molecule has 18 heavy (non-hydrogen) atoms. The van der Waals surface area contributed by atoms with Gasteiger partial charge in [0.15, 0.2) is 0 Å². The van der Waals surface area contributed by atoms with Crippen LogP contribution in [0.25, 0.3) is 0 Å². The van der Waals surface area contributed by atoms with Crippen molar-refractivity contribution in [3.05, 3.63) is 0 Å². The Kier molecular flexibility index (Phi) is 6.97. The fraction of sp³-hybridized carbons (Fsp3) is 0.923. The van der Waals surface area contributed by atoms with Crippen molar-refractivity contribution >= 4 is 18.3 Å². The summed E-state index contributed by atoms with van der Waals surface area (Å²) >= 11 is 0. The molecule has 1 aliphatic carbocycles. The summed E-state index contributed by atoms with van der Waals surface area (Å²) < 4.78 is 0. The predicted molar refractivity (Wildman–Crippen MR) is 76.1 cm³/mol. The molecule has 2 aliphatic rings. The van der Waals surface area contributed by atoms with Crippen molar-refractivity contribution in [2.75, 3.05) is 32.7 Å². The number of likely N-dealkylation sites (tertiary alicyclic amines) is 1. The molecule has 1 amide bonds. The maximum atomic E-state index is 11.4. The highest BCUT2D eigenvalue weighted by atomic mass is 35.5. The van der Waals surface area contributed by atoms with Gasteiger partial charge in [-0.1, -0.05) is 0 Å². The summed E-state index contributed by atoms with van der Waals surface area (Å²) in [5.74, 6) is 1.13. The molecule has 5 heteroatoms. The van der Waals surface area contributed by atoms with Crippen LogP contribution in [-0.4, -0.2) is 49.6 Å². The molecule has 2 fully saturated rings. The minimum atomic E-state index is 0. The van der Waals surface area contributed by atoms with E-state index in [0.717, 1.165) is 25.6 Å². The summed E-state index contributed by atoms with van der Waals surface area (Å²) in [6, 6.07) is 0.682. The molecule has 1 saturated carbocycles. The summed E-state index contributed by atoms with van der Waals surface area (Å²) in [6.07, 6.45) is 5.21. The van der Waals surface area contributed by atoms with Crippen LogP contribution < -0.4 is 10.6 Å². The summed E-state index contributed by atoms with van der Waals surface area (Å²) in [6.45, 7) is 6.59. The third kappa shape index (κ3) is 5.55. The van der Waals surface area contributed by atoms with E-state index >= 15 is 0 Å². The van der Waals surface area contributed by atoms with E-state index < -0.39 is 0 Å². The average molecular weight is 276 g/mol. The Morgan fingerprint density at radius 2 is 1.89 bits per heavy atom. The highest BCUT2D eigenvalue weighted by Crippen LogP contribution is 2.28. The number of hydrogen-bond donors (Lipinski definition) is 2. The molecule has 4 nitrogen and oxygen atoms in total. The molecule has 1 heterocycles. The molecule has 0 aromatic heterocycles. The van der Waals surface area contributed by atoms with Gasteiger partial charge in [0.1, 0.15) is 0 Å². The highest BCUT2D eigenvalue weighted by Gasteiger charge is 2.24. The summed E-state index contributed by atoms with van der Waals surface area (Å²) in [5, 5.41) is 6.51. The number of carbonyl (C=O) groups is 1. The van der Waals surface area contributed by atoms with Crippen molar-refractivity contribution in [2.45, 2.75) is 38.6 Å². The molecular weight excluding hydrogens is 250 g/mol. The van der Waals surface area contributed by atoms with Crippen LogP contribution in [0.4, 0.5) is 0 Å². The summed E-state index contributed by atoms with van der Waals surface area (Å²) in [7, 11) is 0. The van der Waals surface area contributed by atoms with Gasteiger partial charge in [0.05, 0.1) is 6.54 Å². The maximum absolute atomic E-state index is 11.4. The zero-order valence-electron chi connectivity index (χ0n) is 11.3. The van der Waals surface area contributed by atoms with Gasteiger partial charge in [-0.25, -0.2) is 0 Å². The molecule has 2 rings (SSSR count). The fourth-order valence-corrected chi connectivity index (χ4v) is 2.41. The number of piperidine rings is 1. The Morgan fingerprint density at radius 3 is 2.44 bits per heavy atom. The lowest BCUT2D eigenvalue weighted by Gasteiger charge is -2.32. The molecule has 1 aliphatic heterocycles. The van der Waals surface area contributed by atoms with Crippen molar-refractivity contribution in [2.24, 2.45) is 5.92 Å². The van der Waals surface area contributed by atoms with Crippen LogP contribution in [0.1, 0.15) is 32.6 Å². The second-order valence-electron chi connectivity index (χ2n) is 5.36. The molecule has 0 spiro atoms.